The van der Waals surface area contributed by atoms with Gasteiger partial charge >= 0.3 is 6.09 Å². The Morgan fingerprint density at radius 1 is 0.936 bits per heavy atom. The summed E-state index contributed by atoms with van der Waals surface area (Å²) in [5.74, 6) is 1.78. The van der Waals surface area contributed by atoms with Crippen molar-refractivity contribution in [1.82, 2.24) is 39.7 Å². The van der Waals surface area contributed by atoms with Crippen molar-refractivity contribution in [2.24, 2.45) is 4.99 Å². The molecule has 2 aromatic carbocycles. The molecule has 1 amide bonds. The van der Waals surface area contributed by atoms with Crippen molar-refractivity contribution in [3.05, 3.63) is 82.7 Å². The van der Waals surface area contributed by atoms with Crippen LogP contribution in [0, 0.1) is 6.92 Å². The van der Waals surface area contributed by atoms with Crippen LogP contribution in [0.4, 0.5) is 4.79 Å². The average molecular weight is 656 g/mol. The number of nitrogens with one attached hydrogen (secondary N) is 1. The highest BCUT2D eigenvalue weighted by Gasteiger charge is 2.51. The van der Waals surface area contributed by atoms with Crippen LogP contribution >= 0.6 is 11.6 Å². The lowest BCUT2D eigenvalue weighted by atomic mass is 9.96. The fourth-order valence-electron chi connectivity index (χ4n) is 6.40. The minimum atomic E-state index is -0.483. The Hall–Kier alpha value is -4.06. The van der Waals surface area contributed by atoms with Crippen LogP contribution in [0.3, 0.4) is 0 Å². The van der Waals surface area contributed by atoms with E-state index in [1.165, 1.54) is 0 Å². The molecular weight excluding hydrogens is 614 g/mol. The second-order valence-electron chi connectivity index (χ2n) is 13.7. The van der Waals surface area contributed by atoms with Crippen molar-refractivity contribution in [3.63, 3.8) is 0 Å². The van der Waals surface area contributed by atoms with E-state index in [1.54, 1.807) is 0 Å². The molecule has 1 spiro atoms. The van der Waals surface area contributed by atoms with Crippen molar-refractivity contribution in [1.29, 1.82) is 0 Å². The van der Waals surface area contributed by atoms with E-state index in [9.17, 15) is 4.79 Å². The molecular formula is C35H42ClN9O2. The fraction of sp³-hybridized carbons (Fsp3) is 0.457. The molecule has 1 aliphatic carbocycles. The summed E-state index contributed by atoms with van der Waals surface area (Å²) in [6, 6.07) is 14.5. The Morgan fingerprint density at radius 3 is 2.34 bits per heavy atom. The highest BCUT2D eigenvalue weighted by atomic mass is 35.5. The quantitative estimate of drug-likeness (QED) is 0.282. The van der Waals surface area contributed by atoms with E-state index in [0.717, 1.165) is 104 Å². The van der Waals surface area contributed by atoms with Crippen LogP contribution in [-0.2, 0) is 16.8 Å². The average Bonchev–Trinajstić information content (AvgIpc) is 3.51. The summed E-state index contributed by atoms with van der Waals surface area (Å²) in [4.78, 5) is 22.1. The molecule has 0 unspecified atom stereocenters. The molecule has 246 valence electrons. The number of aryl methyl sites for hydroxylation is 1. The zero-order valence-electron chi connectivity index (χ0n) is 27.5. The Bertz CT molecular complexity index is 1790. The second-order valence-corrected chi connectivity index (χ2v) is 14.2. The van der Waals surface area contributed by atoms with E-state index >= 15 is 0 Å². The largest absolute Gasteiger partial charge is 0.444 e. The monoisotopic (exact) mass is 655 g/mol. The molecule has 3 aliphatic rings. The van der Waals surface area contributed by atoms with Gasteiger partial charge in [-0.1, -0.05) is 29.8 Å². The number of halogens is 1. The Labute approximate surface area is 280 Å². The summed E-state index contributed by atoms with van der Waals surface area (Å²) in [6.45, 7) is 14.7. The molecule has 2 aliphatic heterocycles. The number of benzene rings is 2. The second kappa shape index (κ2) is 12.5. The zero-order valence-corrected chi connectivity index (χ0v) is 28.3. The number of rotatable bonds is 8. The molecule has 0 radical (unpaired) electrons. The molecule has 1 N–H and O–H groups in total. The first-order chi connectivity index (χ1) is 22.6. The number of hydrogen-bond donors (Lipinski definition) is 1. The predicted molar refractivity (Wildman–Crippen MR) is 182 cm³/mol. The number of amides is 1. The van der Waals surface area contributed by atoms with Gasteiger partial charge in [0.05, 0.1) is 24.1 Å². The van der Waals surface area contributed by atoms with Gasteiger partial charge in [-0.15, -0.1) is 10.2 Å². The Kier molecular flexibility index (Phi) is 8.40. The van der Waals surface area contributed by atoms with E-state index in [2.05, 4.69) is 54.3 Å². The summed E-state index contributed by atoms with van der Waals surface area (Å²) in [5, 5.41) is 17.3. The molecule has 12 heteroatoms. The molecule has 0 atom stereocenters. The van der Waals surface area contributed by atoms with E-state index in [1.807, 2.05) is 62.8 Å². The van der Waals surface area contributed by atoms with E-state index in [-0.39, 0.29) is 11.6 Å². The van der Waals surface area contributed by atoms with Crippen LogP contribution < -0.4 is 5.32 Å². The molecule has 0 bridgehead atoms. The van der Waals surface area contributed by atoms with Gasteiger partial charge < -0.3 is 10.1 Å². The van der Waals surface area contributed by atoms with Crippen molar-refractivity contribution < 1.29 is 9.53 Å². The number of carbonyl (C=O) groups excluding carboxylic acids is 1. The molecule has 2 fully saturated rings. The topological polar surface area (TPSA) is 106 Å². The number of nitrogens with zero attached hydrogens (tertiary/aromatic N) is 8. The van der Waals surface area contributed by atoms with Crippen LogP contribution in [0.5, 0.6) is 0 Å². The van der Waals surface area contributed by atoms with Crippen molar-refractivity contribution in [3.8, 4) is 16.8 Å². The van der Waals surface area contributed by atoms with E-state index in [4.69, 9.17) is 26.4 Å². The maximum Gasteiger partial charge on any atom is 0.407 e. The SMILES string of the molecule is Cc1nnc2n1-c1ccc(-c3cnn(CCN4CCN(CCNC(=O)OC(C)(C)C)CC4)c3)cc1C(c1ccc(Cl)cc1)=NC21CC1. The third-order valence-corrected chi connectivity index (χ3v) is 9.33. The summed E-state index contributed by atoms with van der Waals surface area (Å²) >= 11 is 6.27. The number of aliphatic imine (C=N–C) groups is 1. The number of fused-ring (bicyclic) bond motifs is 4. The van der Waals surface area contributed by atoms with Gasteiger partial charge in [0.2, 0.25) is 0 Å². The lowest BCUT2D eigenvalue weighted by molar-refractivity contribution is 0.0516. The van der Waals surface area contributed by atoms with Crippen LogP contribution in [0.25, 0.3) is 16.8 Å². The third kappa shape index (κ3) is 6.83. The van der Waals surface area contributed by atoms with Gasteiger partial charge in [0, 0.05) is 73.7 Å². The molecule has 11 nitrogen and oxygen atoms in total. The van der Waals surface area contributed by atoms with Gasteiger partial charge in [0.25, 0.3) is 0 Å². The Balaban J connectivity index is 1.02. The van der Waals surface area contributed by atoms with E-state index in [0.29, 0.717) is 11.6 Å². The van der Waals surface area contributed by atoms with Crippen molar-refractivity contribution >= 4 is 23.4 Å². The lowest BCUT2D eigenvalue weighted by Crippen LogP contribution is -2.49. The number of piperazine rings is 1. The first kappa shape index (κ1) is 31.5. The minimum absolute atomic E-state index is 0.344. The van der Waals surface area contributed by atoms with Crippen LogP contribution in [0.1, 0.15) is 56.4 Å². The van der Waals surface area contributed by atoms with Gasteiger partial charge in [0.1, 0.15) is 17.0 Å². The lowest BCUT2D eigenvalue weighted by Gasteiger charge is -2.34. The number of aromatic nitrogens is 5. The summed E-state index contributed by atoms with van der Waals surface area (Å²) in [7, 11) is 0. The third-order valence-electron chi connectivity index (χ3n) is 9.07. The van der Waals surface area contributed by atoms with Crippen LogP contribution in [-0.4, -0.2) is 97.6 Å². The normalized spacial score (nSPS) is 17.5. The summed E-state index contributed by atoms with van der Waals surface area (Å²) < 4.78 is 9.54. The number of ether oxygens (including phenoxy) is 1. The molecule has 7 rings (SSSR count). The van der Waals surface area contributed by atoms with Crippen molar-refractivity contribution in [2.45, 2.75) is 58.2 Å². The highest BCUT2D eigenvalue weighted by Crippen LogP contribution is 2.51. The van der Waals surface area contributed by atoms with Gasteiger partial charge in [-0.2, -0.15) is 5.10 Å². The number of hydrogen-bond acceptors (Lipinski definition) is 8. The molecule has 4 aromatic rings. The minimum Gasteiger partial charge on any atom is -0.444 e. The highest BCUT2D eigenvalue weighted by molar-refractivity contribution is 6.30. The van der Waals surface area contributed by atoms with Crippen LogP contribution in [0.15, 0.2) is 59.9 Å². The van der Waals surface area contributed by atoms with Crippen molar-refractivity contribution in [2.75, 3.05) is 45.8 Å². The fourth-order valence-corrected chi connectivity index (χ4v) is 6.53. The maximum absolute atomic E-state index is 11.9. The predicted octanol–water partition coefficient (Wildman–Crippen LogP) is 5.08. The maximum atomic E-state index is 11.9. The number of alkyl carbamates (subject to hydrolysis) is 1. The molecule has 47 heavy (non-hydrogen) atoms. The number of carbonyl (C=O) groups is 1. The van der Waals surface area contributed by atoms with Gasteiger partial charge in [-0.3, -0.25) is 24.0 Å². The smallest absolute Gasteiger partial charge is 0.407 e. The Morgan fingerprint density at radius 2 is 1.64 bits per heavy atom. The molecule has 4 heterocycles. The standard InChI is InChI=1S/C35H42ClN9O2/c1-24-40-41-32-35(11-12-35)39-31(25-5-8-28(36)9-6-25)29-21-26(7-10-30(29)45(24)32)27-22-38-44(23-27)20-19-43-17-15-42(16-18-43)14-13-37-33(46)47-34(2,3)4/h5-10,21-23H,11-20H2,1-4H3,(H,37,46). The molecule has 1 saturated heterocycles. The van der Waals surface area contributed by atoms with Gasteiger partial charge in [-0.05, 0) is 70.4 Å². The first-order valence-corrected chi connectivity index (χ1v) is 16.8. The van der Waals surface area contributed by atoms with Gasteiger partial charge in [-0.25, -0.2) is 4.79 Å². The summed E-state index contributed by atoms with van der Waals surface area (Å²) in [6.07, 6.45) is 5.63. The zero-order chi connectivity index (χ0) is 32.8. The first-order valence-electron chi connectivity index (χ1n) is 16.4. The van der Waals surface area contributed by atoms with E-state index < -0.39 is 5.60 Å². The van der Waals surface area contributed by atoms with Crippen LogP contribution in [0.2, 0.25) is 5.02 Å². The van der Waals surface area contributed by atoms with Gasteiger partial charge in [0.15, 0.2) is 5.82 Å². The summed E-state index contributed by atoms with van der Waals surface area (Å²) in [5.41, 5.74) is 5.40. The molecule has 1 saturated carbocycles. The molecule has 2 aromatic heterocycles.